The summed E-state index contributed by atoms with van der Waals surface area (Å²) in [4.78, 5) is 6.11. The molecular weight excluding hydrogens is 430 g/mol. The summed E-state index contributed by atoms with van der Waals surface area (Å²) in [5.41, 5.74) is 11.5. The van der Waals surface area contributed by atoms with Crippen molar-refractivity contribution in [1.29, 1.82) is 0 Å². The van der Waals surface area contributed by atoms with E-state index < -0.39 is 0 Å². The third-order valence-electron chi connectivity index (χ3n) is 6.58. The third kappa shape index (κ3) is 4.31. The number of pyridine rings is 1. The summed E-state index contributed by atoms with van der Waals surface area (Å²) in [7, 11) is 0. The average molecular weight is 462 g/mol. The summed E-state index contributed by atoms with van der Waals surface area (Å²) in [5, 5.41) is 1.20. The van der Waals surface area contributed by atoms with E-state index in [-0.39, 0.29) is 5.41 Å². The number of rotatable bonds is 3. The van der Waals surface area contributed by atoms with E-state index in [4.69, 9.17) is 4.98 Å². The molecule has 5 aromatic rings. The van der Waals surface area contributed by atoms with Crippen molar-refractivity contribution in [3.63, 3.8) is 0 Å². The molecule has 0 atom stereocenters. The maximum Gasteiger partial charge on any atom is 0.0716 e. The molecule has 5 rings (SSSR count). The molecule has 2 heteroatoms. The molecule has 1 nitrogen and oxygen atoms in total. The summed E-state index contributed by atoms with van der Waals surface area (Å²) >= 11 is 1.84. The molecule has 0 aliphatic heterocycles. The van der Waals surface area contributed by atoms with E-state index in [9.17, 15) is 0 Å². The van der Waals surface area contributed by atoms with Gasteiger partial charge in [0.15, 0.2) is 0 Å². The fourth-order valence-electron chi connectivity index (χ4n) is 4.67. The molecule has 0 aliphatic rings. The maximum absolute atomic E-state index is 4.83. The van der Waals surface area contributed by atoms with E-state index in [1.807, 2.05) is 17.5 Å². The average Bonchev–Trinajstić information content (AvgIpc) is 3.22. The van der Waals surface area contributed by atoms with Gasteiger partial charge in [-0.2, -0.15) is 0 Å². The summed E-state index contributed by atoms with van der Waals surface area (Å²) in [5.74, 6) is 0. The first-order valence-electron chi connectivity index (χ1n) is 11.9. The molecule has 0 spiro atoms. The lowest BCUT2D eigenvalue weighted by atomic mass is 9.85. The van der Waals surface area contributed by atoms with Crippen molar-refractivity contribution in [3.05, 3.63) is 101 Å². The molecule has 0 N–H and O–H groups in total. The van der Waals surface area contributed by atoms with Gasteiger partial charge in [-0.05, 0) is 83.8 Å². The van der Waals surface area contributed by atoms with Crippen LogP contribution < -0.4 is 0 Å². The van der Waals surface area contributed by atoms with E-state index in [2.05, 4.69) is 114 Å². The molecule has 0 unspecified atom stereocenters. The van der Waals surface area contributed by atoms with Crippen LogP contribution in [0, 0.1) is 20.8 Å². The second-order valence-corrected chi connectivity index (χ2v) is 11.5. The standard InChI is InChI=1S/C32H31NS/c1-20-14-25(16-27(15-20)32(4,5)6)28-18-30-26(19-33-28)17-29(34-30)23-10-12-24(13-11-23)31-21(2)8-7-9-22(31)3/h7-19H,1-6H3. The Morgan fingerprint density at radius 1 is 0.706 bits per heavy atom. The van der Waals surface area contributed by atoms with Crippen LogP contribution in [0.4, 0.5) is 0 Å². The third-order valence-corrected chi connectivity index (χ3v) is 7.73. The lowest BCUT2D eigenvalue weighted by Gasteiger charge is -2.20. The first-order chi connectivity index (χ1) is 16.2. The van der Waals surface area contributed by atoms with Gasteiger partial charge in [0.1, 0.15) is 0 Å². The second kappa shape index (κ2) is 8.52. The molecular formula is C32H31NS. The van der Waals surface area contributed by atoms with Gasteiger partial charge in [-0.3, -0.25) is 4.98 Å². The van der Waals surface area contributed by atoms with E-state index >= 15 is 0 Å². The SMILES string of the molecule is Cc1cc(-c2cc3sc(-c4ccc(-c5c(C)cccc5C)cc4)cc3cn2)cc(C(C)(C)C)c1. The number of aryl methyl sites for hydroxylation is 3. The lowest BCUT2D eigenvalue weighted by molar-refractivity contribution is 0.590. The normalized spacial score (nSPS) is 11.8. The van der Waals surface area contributed by atoms with Crippen LogP contribution >= 0.6 is 11.3 Å². The van der Waals surface area contributed by atoms with Crippen LogP contribution in [0.3, 0.4) is 0 Å². The van der Waals surface area contributed by atoms with Crippen molar-refractivity contribution in [3.8, 4) is 32.8 Å². The number of fused-ring (bicyclic) bond motifs is 1. The first-order valence-corrected chi connectivity index (χ1v) is 12.7. The van der Waals surface area contributed by atoms with E-state index in [0.29, 0.717) is 0 Å². The predicted molar refractivity (Wildman–Crippen MR) is 149 cm³/mol. The highest BCUT2D eigenvalue weighted by molar-refractivity contribution is 7.22. The Hall–Kier alpha value is -3.23. The maximum atomic E-state index is 4.83. The molecule has 0 saturated carbocycles. The van der Waals surface area contributed by atoms with Crippen LogP contribution in [0.1, 0.15) is 43.0 Å². The number of aromatic nitrogens is 1. The highest BCUT2D eigenvalue weighted by Crippen LogP contribution is 2.37. The Morgan fingerprint density at radius 3 is 2.06 bits per heavy atom. The fourth-order valence-corrected chi connectivity index (χ4v) is 5.75. The Bertz CT molecular complexity index is 1480. The van der Waals surface area contributed by atoms with Crippen LogP contribution in [0.15, 0.2) is 79.0 Å². The van der Waals surface area contributed by atoms with Crippen LogP contribution in [0.25, 0.3) is 42.9 Å². The minimum absolute atomic E-state index is 0.115. The van der Waals surface area contributed by atoms with E-state index in [1.165, 1.54) is 59.5 Å². The molecule has 2 aromatic heterocycles. The van der Waals surface area contributed by atoms with Crippen LogP contribution in [-0.4, -0.2) is 4.98 Å². The van der Waals surface area contributed by atoms with E-state index in [1.54, 1.807) is 0 Å². The fraction of sp³-hybridized carbons (Fsp3) is 0.219. The second-order valence-electron chi connectivity index (χ2n) is 10.4. The van der Waals surface area contributed by atoms with Crippen molar-refractivity contribution < 1.29 is 0 Å². The number of thiophene rings is 1. The summed E-state index contributed by atoms with van der Waals surface area (Å²) in [6, 6.07) is 26.8. The van der Waals surface area contributed by atoms with Gasteiger partial charge in [-0.15, -0.1) is 11.3 Å². The molecule has 0 fully saturated rings. The molecule has 0 saturated heterocycles. The van der Waals surface area contributed by atoms with Gasteiger partial charge in [-0.1, -0.05) is 74.9 Å². The van der Waals surface area contributed by atoms with Gasteiger partial charge >= 0.3 is 0 Å². The van der Waals surface area contributed by atoms with Crippen LogP contribution in [-0.2, 0) is 5.41 Å². The topological polar surface area (TPSA) is 12.9 Å². The highest BCUT2D eigenvalue weighted by atomic mass is 32.1. The Kier molecular flexibility index (Phi) is 5.65. The predicted octanol–water partition coefficient (Wildman–Crippen LogP) is 9.52. The number of hydrogen-bond acceptors (Lipinski definition) is 2. The summed E-state index contributed by atoms with van der Waals surface area (Å²) < 4.78 is 1.28. The van der Waals surface area contributed by atoms with Gasteiger partial charge in [0.05, 0.1) is 5.69 Å². The van der Waals surface area contributed by atoms with Crippen molar-refractivity contribution in [2.45, 2.75) is 47.0 Å². The zero-order valence-corrected chi connectivity index (χ0v) is 21.7. The van der Waals surface area contributed by atoms with Gasteiger partial charge in [0.2, 0.25) is 0 Å². The monoisotopic (exact) mass is 461 g/mol. The van der Waals surface area contributed by atoms with E-state index in [0.717, 1.165) is 5.69 Å². The Labute approximate surface area is 207 Å². The van der Waals surface area contributed by atoms with Crippen molar-refractivity contribution in [2.24, 2.45) is 0 Å². The summed E-state index contributed by atoms with van der Waals surface area (Å²) in [6.45, 7) is 13.3. The molecule has 3 aromatic carbocycles. The number of nitrogens with zero attached hydrogens (tertiary/aromatic N) is 1. The van der Waals surface area contributed by atoms with Gasteiger partial charge in [-0.25, -0.2) is 0 Å². The van der Waals surface area contributed by atoms with Gasteiger partial charge < -0.3 is 0 Å². The molecule has 0 aliphatic carbocycles. The van der Waals surface area contributed by atoms with Gasteiger partial charge in [0, 0.05) is 26.7 Å². The summed E-state index contributed by atoms with van der Waals surface area (Å²) in [6.07, 6.45) is 2.02. The molecule has 170 valence electrons. The molecule has 0 bridgehead atoms. The Balaban J connectivity index is 1.50. The van der Waals surface area contributed by atoms with Crippen molar-refractivity contribution in [1.82, 2.24) is 4.98 Å². The van der Waals surface area contributed by atoms with Crippen LogP contribution in [0.5, 0.6) is 0 Å². The minimum Gasteiger partial charge on any atom is -0.256 e. The zero-order chi connectivity index (χ0) is 24.0. The smallest absolute Gasteiger partial charge is 0.0716 e. The molecule has 2 heterocycles. The molecule has 0 amide bonds. The molecule has 0 radical (unpaired) electrons. The number of hydrogen-bond donors (Lipinski definition) is 0. The van der Waals surface area contributed by atoms with Crippen molar-refractivity contribution >= 4 is 21.4 Å². The quantitative estimate of drug-likeness (QED) is 0.261. The van der Waals surface area contributed by atoms with Crippen LogP contribution in [0.2, 0.25) is 0 Å². The lowest BCUT2D eigenvalue weighted by Crippen LogP contribution is -2.11. The van der Waals surface area contributed by atoms with Gasteiger partial charge in [0.25, 0.3) is 0 Å². The van der Waals surface area contributed by atoms with Crippen molar-refractivity contribution in [2.75, 3.05) is 0 Å². The molecule has 34 heavy (non-hydrogen) atoms. The number of benzene rings is 3. The Morgan fingerprint density at radius 2 is 1.38 bits per heavy atom. The largest absolute Gasteiger partial charge is 0.256 e. The highest BCUT2D eigenvalue weighted by Gasteiger charge is 2.16. The minimum atomic E-state index is 0.115. The first kappa shape index (κ1) is 22.6. The zero-order valence-electron chi connectivity index (χ0n) is 20.9.